The molecular formula is C25H24F3N7O. The van der Waals surface area contributed by atoms with E-state index in [1.54, 1.807) is 33.2 Å². The predicted molar refractivity (Wildman–Crippen MR) is 130 cm³/mol. The maximum absolute atomic E-state index is 13.3. The summed E-state index contributed by atoms with van der Waals surface area (Å²) in [7, 11) is 1.68. The Morgan fingerprint density at radius 1 is 1.14 bits per heavy atom. The summed E-state index contributed by atoms with van der Waals surface area (Å²) in [6.45, 7) is 4.82. The number of alkyl halides is 3. The van der Waals surface area contributed by atoms with E-state index < -0.39 is 17.8 Å². The van der Waals surface area contributed by atoms with Crippen LogP contribution in [-0.2, 0) is 19.8 Å². The molecule has 0 saturated heterocycles. The van der Waals surface area contributed by atoms with Gasteiger partial charge in [0.05, 0.1) is 17.2 Å². The molecule has 1 aromatic carbocycles. The largest absolute Gasteiger partial charge is 0.416 e. The van der Waals surface area contributed by atoms with E-state index in [2.05, 4.69) is 15.3 Å². The molecule has 3 aliphatic heterocycles. The lowest BCUT2D eigenvalue weighted by molar-refractivity contribution is -0.137. The number of anilines is 2. The van der Waals surface area contributed by atoms with Gasteiger partial charge in [0.15, 0.2) is 5.49 Å². The van der Waals surface area contributed by atoms with Crippen LogP contribution in [0.5, 0.6) is 0 Å². The van der Waals surface area contributed by atoms with Crippen LogP contribution in [0.2, 0.25) is 0 Å². The van der Waals surface area contributed by atoms with Crippen molar-refractivity contribution in [1.29, 1.82) is 0 Å². The number of benzene rings is 1. The summed E-state index contributed by atoms with van der Waals surface area (Å²) in [4.78, 5) is 25.8. The summed E-state index contributed by atoms with van der Waals surface area (Å²) in [6, 6.07) is 7.98. The van der Waals surface area contributed by atoms with Crippen molar-refractivity contribution in [3.05, 3.63) is 75.4 Å². The lowest BCUT2D eigenvalue weighted by atomic mass is 10.0. The lowest BCUT2D eigenvalue weighted by Gasteiger charge is -2.19. The van der Waals surface area contributed by atoms with E-state index in [0.717, 1.165) is 29.1 Å². The van der Waals surface area contributed by atoms with Crippen molar-refractivity contribution in [1.82, 2.24) is 19.1 Å². The van der Waals surface area contributed by atoms with Crippen molar-refractivity contribution in [3.8, 4) is 22.5 Å². The van der Waals surface area contributed by atoms with E-state index in [4.69, 9.17) is 10.7 Å². The number of halogens is 3. The number of nitrogens with zero attached hydrogens (tertiary/aromatic N) is 5. The normalized spacial score (nSPS) is 14.7. The molecule has 3 N–H and O–H groups in total. The number of nitrogens with two attached hydrogens (primary N) is 1. The molecule has 3 aliphatic rings. The van der Waals surface area contributed by atoms with E-state index in [1.807, 2.05) is 10.6 Å². The van der Waals surface area contributed by atoms with Gasteiger partial charge >= 0.3 is 6.18 Å². The van der Waals surface area contributed by atoms with Crippen molar-refractivity contribution in [2.45, 2.75) is 32.6 Å². The lowest BCUT2D eigenvalue weighted by Crippen LogP contribution is -2.21. The van der Waals surface area contributed by atoms with Gasteiger partial charge in [-0.1, -0.05) is 0 Å². The maximum Gasteiger partial charge on any atom is 0.416 e. The molecule has 0 saturated carbocycles. The average Bonchev–Trinajstić information content (AvgIpc) is 3.30. The highest BCUT2D eigenvalue weighted by atomic mass is 19.4. The molecule has 8 nitrogen and oxygen atoms in total. The first-order chi connectivity index (χ1) is 17.0. The Balaban J connectivity index is 1.72. The zero-order valence-electron chi connectivity index (χ0n) is 19.9. The number of aryl methyl sites for hydroxylation is 2. The van der Waals surface area contributed by atoms with Gasteiger partial charge in [0.25, 0.3) is 0 Å². The third kappa shape index (κ3) is 4.21. The number of nitrogens with one attached hydrogen (secondary N) is 1. The van der Waals surface area contributed by atoms with Gasteiger partial charge < -0.3 is 20.2 Å². The fourth-order valence-corrected chi connectivity index (χ4v) is 4.46. The van der Waals surface area contributed by atoms with E-state index in [-0.39, 0.29) is 11.2 Å². The van der Waals surface area contributed by atoms with Gasteiger partial charge in [0.2, 0.25) is 5.56 Å². The molecule has 5 rings (SSSR count). The fourth-order valence-electron chi connectivity index (χ4n) is 4.46. The Hall–Kier alpha value is -4.15. The first-order valence-corrected chi connectivity index (χ1v) is 11.4. The Morgan fingerprint density at radius 2 is 1.92 bits per heavy atom. The maximum atomic E-state index is 13.3. The molecule has 0 spiro atoms. The van der Waals surface area contributed by atoms with Crippen LogP contribution in [0.25, 0.3) is 22.5 Å². The molecule has 0 radical (unpaired) electrons. The molecule has 4 heterocycles. The van der Waals surface area contributed by atoms with Gasteiger partial charge in [-0.25, -0.2) is 9.97 Å². The van der Waals surface area contributed by atoms with Gasteiger partial charge in [-0.3, -0.25) is 9.79 Å². The van der Waals surface area contributed by atoms with Crippen LogP contribution in [0.3, 0.4) is 0 Å². The van der Waals surface area contributed by atoms with Gasteiger partial charge in [-0.2, -0.15) is 13.2 Å². The number of aromatic nitrogens is 4. The van der Waals surface area contributed by atoms with Crippen molar-refractivity contribution >= 4 is 11.5 Å². The molecule has 36 heavy (non-hydrogen) atoms. The van der Waals surface area contributed by atoms with Crippen molar-refractivity contribution < 1.29 is 13.2 Å². The molecule has 11 heteroatoms. The summed E-state index contributed by atoms with van der Waals surface area (Å²) in [6.07, 6.45) is -2.76. The first-order valence-electron chi connectivity index (χ1n) is 11.4. The molecule has 0 fully saturated rings. The van der Waals surface area contributed by atoms with E-state index in [0.29, 0.717) is 41.4 Å². The zero-order chi connectivity index (χ0) is 25.8. The van der Waals surface area contributed by atoms with Gasteiger partial charge in [0.1, 0.15) is 17.5 Å². The summed E-state index contributed by atoms with van der Waals surface area (Å²) >= 11 is 0. The van der Waals surface area contributed by atoms with Crippen molar-refractivity contribution in [2.24, 2.45) is 12.0 Å². The predicted octanol–water partition coefficient (Wildman–Crippen LogP) is 3.75. The highest BCUT2D eigenvalue weighted by Crippen LogP contribution is 2.36. The highest BCUT2D eigenvalue weighted by molar-refractivity contribution is 5.82. The van der Waals surface area contributed by atoms with Crippen LogP contribution in [0, 0.1) is 6.92 Å². The molecular weight excluding hydrogens is 471 g/mol. The topological polar surface area (TPSA) is 103 Å². The minimum atomic E-state index is -4.52. The molecule has 1 atom stereocenters. The Morgan fingerprint density at radius 3 is 2.64 bits per heavy atom. The number of pyridine rings is 2. The minimum absolute atomic E-state index is 0.0158. The average molecular weight is 496 g/mol. The van der Waals surface area contributed by atoms with Crippen LogP contribution in [-0.4, -0.2) is 25.6 Å². The molecule has 2 aromatic rings. The monoisotopic (exact) mass is 495 g/mol. The van der Waals surface area contributed by atoms with E-state index in [1.165, 1.54) is 16.7 Å². The zero-order valence-corrected chi connectivity index (χ0v) is 19.9. The van der Waals surface area contributed by atoms with Crippen LogP contribution in [0.1, 0.15) is 29.9 Å². The second kappa shape index (κ2) is 8.51. The standard InChI is InChI=1S/C25H24F3N7O/c1-13(16-8-17(25(26,27)28)10-18(29)9-16)31-22-20-11-19(15-4-5-21(36)34(3)12-15)23-30-6-7-35(23)24(20)33-14(2)32-22/h4-5,8-13,30H,6-7,29H2,1-3H3/t13-/m1/s1. The first kappa shape index (κ1) is 23.6. The van der Waals surface area contributed by atoms with Crippen LogP contribution in [0.4, 0.5) is 24.7 Å². The molecule has 186 valence electrons. The van der Waals surface area contributed by atoms with Crippen molar-refractivity contribution in [2.75, 3.05) is 17.6 Å². The molecule has 0 aliphatic carbocycles. The quantitative estimate of drug-likeness (QED) is 0.422. The van der Waals surface area contributed by atoms with Gasteiger partial charge in [-0.05, 0) is 49.7 Å². The number of rotatable bonds is 3. The number of nitrogen functional groups attached to an aromatic ring is 1. The molecule has 0 amide bonds. The SMILES string of the molecule is Cc1nc2n3c(c(-c4ccc(=O)n(C)c4)cc-2c(=N[C@H](C)c2cc(N)cc(C(F)(F)F)c2)n1)NCC3. The third-order valence-corrected chi connectivity index (χ3v) is 6.21. The second-order valence-corrected chi connectivity index (χ2v) is 8.87. The second-order valence-electron chi connectivity index (χ2n) is 8.87. The van der Waals surface area contributed by atoms with Crippen LogP contribution < -0.4 is 22.1 Å². The number of hydrogen-bond acceptors (Lipinski definition) is 6. The summed E-state index contributed by atoms with van der Waals surface area (Å²) in [5, 5.41) is 3.39. The van der Waals surface area contributed by atoms with Gasteiger partial charge in [-0.15, -0.1) is 0 Å². The fraction of sp³-hybridized carbons (Fsp3) is 0.280. The Kier molecular flexibility index (Phi) is 5.57. The smallest absolute Gasteiger partial charge is 0.399 e. The van der Waals surface area contributed by atoms with Gasteiger partial charge in [0, 0.05) is 49.2 Å². The van der Waals surface area contributed by atoms with E-state index >= 15 is 0 Å². The third-order valence-electron chi connectivity index (χ3n) is 6.21. The van der Waals surface area contributed by atoms with Crippen LogP contribution >= 0.6 is 0 Å². The molecule has 1 aromatic heterocycles. The highest BCUT2D eigenvalue weighted by Gasteiger charge is 2.31. The molecule has 0 unspecified atom stereocenters. The minimum Gasteiger partial charge on any atom is -0.399 e. The molecule has 0 bridgehead atoms. The van der Waals surface area contributed by atoms with Crippen molar-refractivity contribution in [3.63, 3.8) is 0 Å². The summed E-state index contributed by atoms with van der Waals surface area (Å²) in [5.74, 6) is 2.03. The number of fused-ring (bicyclic) bond motifs is 3. The summed E-state index contributed by atoms with van der Waals surface area (Å²) in [5.41, 5.74) is 7.86. The van der Waals surface area contributed by atoms with E-state index in [9.17, 15) is 18.0 Å². The Labute approximate surface area is 204 Å². The number of hydrogen-bond donors (Lipinski definition) is 2. The van der Waals surface area contributed by atoms with Crippen LogP contribution in [0.15, 0.2) is 52.4 Å². The Bertz CT molecular complexity index is 1590. The summed E-state index contributed by atoms with van der Waals surface area (Å²) < 4.78 is 43.6.